The molecule has 5 heteroatoms. The largest absolute Gasteiger partial charge is 0.508 e. The molecular weight excluding hydrogens is 455 g/mol. The van der Waals surface area contributed by atoms with Crippen molar-refractivity contribution in [2.45, 2.75) is 0 Å². The van der Waals surface area contributed by atoms with Gasteiger partial charge in [-0.15, -0.1) is 0 Å². The Balaban J connectivity index is 0.00000133. The van der Waals surface area contributed by atoms with Gasteiger partial charge in [0.25, 0.3) is 5.56 Å². The quantitative estimate of drug-likeness (QED) is 0.580. The van der Waals surface area contributed by atoms with E-state index >= 15 is 0 Å². The summed E-state index contributed by atoms with van der Waals surface area (Å²) >= 11 is 0. The number of H-pyrrole nitrogens is 1. The Labute approximate surface area is 145 Å². The maximum atomic E-state index is 11.9. The van der Waals surface area contributed by atoms with Gasteiger partial charge in [-0.25, -0.2) is 4.98 Å². The van der Waals surface area contributed by atoms with Crippen molar-refractivity contribution in [2.24, 2.45) is 0 Å². The summed E-state index contributed by atoms with van der Waals surface area (Å²) in [5.41, 5.74) is 1.11. The van der Waals surface area contributed by atoms with E-state index in [0.29, 0.717) is 16.7 Å². The van der Waals surface area contributed by atoms with Gasteiger partial charge in [-0.3, -0.25) is 4.79 Å². The first kappa shape index (κ1) is 14.2. The molecule has 0 atom stereocenters. The number of hydrogen-bond donors (Lipinski definition) is 2. The molecule has 91 valence electrons. The van der Waals surface area contributed by atoms with Crippen LogP contribution < -0.4 is 5.56 Å². The number of rotatable bonds is 1. The maximum absolute atomic E-state index is 11.9. The third-order valence-electron chi connectivity index (χ3n) is 2.74. The Hall–Kier alpha value is -1.18. The molecule has 1 heterocycles. The van der Waals surface area contributed by atoms with Crippen LogP contribution in [0.1, 0.15) is 0 Å². The molecule has 3 rings (SSSR count). The van der Waals surface area contributed by atoms with Gasteiger partial charge < -0.3 is 10.1 Å². The summed E-state index contributed by atoms with van der Waals surface area (Å²) in [6, 6.07) is 13.9. The monoisotopic (exact) mass is 465 g/mol. The first-order valence-electron chi connectivity index (χ1n) is 5.52. The van der Waals surface area contributed by atoms with Crippen molar-refractivity contribution in [3.05, 3.63) is 58.9 Å². The molecule has 1 radical (unpaired) electrons. The van der Waals surface area contributed by atoms with Gasteiger partial charge in [0.15, 0.2) is 0 Å². The molecule has 3 aromatic rings. The van der Waals surface area contributed by atoms with Crippen molar-refractivity contribution in [3.8, 4) is 17.1 Å². The SMILES string of the molecule is O=c1[nH]c(-c2ccccc2)nc2cc(O)ccc12.[Ac]. The molecule has 0 unspecified atom stereocenters. The fraction of sp³-hybridized carbons (Fsp3) is 0. The van der Waals surface area contributed by atoms with Crippen LogP contribution in [0.25, 0.3) is 22.3 Å². The molecule has 0 aliphatic rings. The minimum Gasteiger partial charge on any atom is -0.508 e. The van der Waals surface area contributed by atoms with Gasteiger partial charge in [0.2, 0.25) is 0 Å². The van der Waals surface area contributed by atoms with E-state index in [1.54, 1.807) is 6.07 Å². The van der Waals surface area contributed by atoms with Gasteiger partial charge in [0.1, 0.15) is 11.6 Å². The average Bonchev–Trinajstić information content (AvgIpc) is 2.39. The van der Waals surface area contributed by atoms with Crippen molar-refractivity contribution >= 4 is 10.9 Å². The van der Waals surface area contributed by atoms with Crippen molar-refractivity contribution in [1.29, 1.82) is 0 Å². The molecule has 0 spiro atoms. The zero-order valence-corrected chi connectivity index (χ0v) is 14.7. The second-order valence-corrected chi connectivity index (χ2v) is 3.98. The van der Waals surface area contributed by atoms with Crippen LogP contribution >= 0.6 is 0 Å². The van der Waals surface area contributed by atoms with Gasteiger partial charge in [-0.1, -0.05) is 30.3 Å². The van der Waals surface area contributed by atoms with Crippen molar-refractivity contribution in [2.75, 3.05) is 0 Å². The van der Waals surface area contributed by atoms with E-state index in [4.69, 9.17) is 0 Å². The molecule has 0 fully saturated rings. The van der Waals surface area contributed by atoms with Crippen LogP contribution in [0.4, 0.5) is 0 Å². The normalized spacial score (nSPS) is 10.1. The number of fused-ring (bicyclic) bond motifs is 1. The van der Waals surface area contributed by atoms with E-state index in [-0.39, 0.29) is 55.4 Å². The summed E-state index contributed by atoms with van der Waals surface area (Å²) in [4.78, 5) is 19.0. The number of aromatic amines is 1. The molecule has 0 bridgehead atoms. The molecule has 1 aromatic heterocycles. The van der Waals surface area contributed by atoms with Gasteiger partial charge in [-0.05, 0) is 12.1 Å². The summed E-state index contributed by atoms with van der Waals surface area (Å²) in [7, 11) is 0. The van der Waals surface area contributed by atoms with E-state index in [1.807, 2.05) is 30.3 Å². The minimum atomic E-state index is -0.209. The van der Waals surface area contributed by atoms with Gasteiger partial charge in [0, 0.05) is 55.7 Å². The van der Waals surface area contributed by atoms with Crippen LogP contribution in [0.3, 0.4) is 0 Å². The molecule has 0 aliphatic heterocycles. The van der Waals surface area contributed by atoms with Crippen LogP contribution in [-0.4, -0.2) is 15.1 Å². The molecule has 4 nitrogen and oxygen atoms in total. The second-order valence-electron chi connectivity index (χ2n) is 3.98. The summed E-state index contributed by atoms with van der Waals surface area (Å²) in [6.07, 6.45) is 0. The number of nitrogens with one attached hydrogen (secondary N) is 1. The zero-order valence-electron chi connectivity index (χ0n) is 10.00. The van der Waals surface area contributed by atoms with Crippen molar-refractivity contribution in [1.82, 2.24) is 9.97 Å². The van der Waals surface area contributed by atoms with Gasteiger partial charge in [0.05, 0.1) is 10.9 Å². The predicted molar refractivity (Wildman–Crippen MR) is 69.5 cm³/mol. The number of nitrogens with zero attached hydrogens (tertiary/aromatic N) is 1. The van der Waals surface area contributed by atoms with Gasteiger partial charge >= 0.3 is 0 Å². The zero-order chi connectivity index (χ0) is 12.5. The number of aromatic nitrogens is 2. The van der Waals surface area contributed by atoms with Crippen molar-refractivity contribution in [3.63, 3.8) is 0 Å². The second kappa shape index (κ2) is 5.85. The molecular formula is C14H10AcN2O2. The molecule has 0 aliphatic carbocycles. The van der Waals surface area contributed by atoms with E-state index in [0.717, 1.165) is 5.56 Å². The van der Waals surface area contributed by atoms with Crippen LogP contribution in [0.5, 0.6) is 5.75 Å². The van der Waals surface area contributed by atoms with E-state index in [2.05, 4.69) is 9.97 Å². The Bertz CT molecular complexity index is 769. The summed E-state index contributed by atoms with van der Waals surface area (Å²) in [5, 5.41) is 9.90. The molecule has 19 heavy (non-hydrogen) atoms. The average molecular weight is 465 g/mol. The van der Waals surface area contributed by atoms with Crippen LogP contribution in [-0.2, 0) is 0 Å². The first-order chi connectivity index (χ1) is 8.74. The fourth-order valence-electron chi connectivity index (χ4n) is 1.86. The Morgan fingerprint density at radius 2 is 1.79 bits per heavy atom. The standard InChI is InChI=1S/C14H10N2O2.Ac/c17-10-6-7-11-12(8-10)15-13(16-14(11)18)9-4-2-1-3-5-9;/h1-8,17H,(H,15,16,18);. The van der Waals surface area contributed by atoms with Crippen LogP contribution in [0.2, 0.25) is 0 Å². The van der Waals surface area contributed by atoms with Crippen LogP contribution in [0, 0.1) is 44.1 Å². The number of phenolic OH excluding ortho intramolecular Hbond substituents is 1. The maximum Gasteiger partial charge on any atom is 0.259 e. The van der Waals surface area contributed by atoms with Crippen molar-refractivity contribution < 1.29 is 49.2 Å². The molecule has 2 N–H and O–H groups in total. The van der Waals surface area contributed by atoms with Crippen LogP contribution in [0.15, 0.2) is 53.3 Å². The summed E-state index contributed by atoms with van der Waals surface area (Å²) in [5.74, 6) is 0.596. The summed E-state index contributed by atoms with van der Waals surface area (Å²) in [6.45, 7) is 0. The molecule has 0 amide bonds. The first-order valence-corrected chi connectivity index (χ1v) is 5.52. The number of hydrogen-bond acceptors (Lipinski definition) is 3. The van der Waals surface area contributed by atoms with E-state index in [9.17, 15) is 9.90 Å². The number of phenols is 1. The van der Waals surface area contributed by atoms with Gasteiger partial charge in [-0.2, -0.15) is 0 Å². The van der Waals surface area contributed by atoms with E-state index < -0.39 is 0 Å². The third kappa shape index (κ3) is 2.88. The number of aromatic hydroxyl groups is 1. The predicted octanol–water partition coefficient (Wildman–Crippen LogP) is 2.30. The third-order valence-corrected chi connectivity index (χ3v) is 2.74. The Morgan fingerprint density at radius 3 is 2.53 bits per heavy atom. The molecule has 0 saturated heterocycles. The smallest absolute Gasteiger partial charge is 0.259 e. The Kier molecular flexibility index (Phi) is 4.39. The Morgan fingerprint density at radius 1 is 1.05 bits per heavy atom. The topological polar surface area (TPSA) is 66.0 Å². The molecule has 0 saturated carbocycles. The minimum absolute atomic E-state index is 0. The number of benzene rings is 2. The molecule has 2 aromatic carbocycles. The fourth-order valence-corrected chi connectivity index (χ4v) is 1.86. The summed E-state index contributed by atoms with van der Waals surface area (Å²) < 4.78 is 0. The van der Waals surface area contributed by atoms with E-state index in [1.165, 1.54) is 12.1 Å².